The molecule has 1 N–H and O–H groups in total. The van der Waals surface area contributed by atoms with E-state index in [1.54, 1.807) is 0 Å². The summed E-state index contributed by atoms with van der Waals surface area (Å²) in [4.78, 5) is 23.6. The van der Waals surface area contributed by atoms with Crippen LogP contribution in [0, 0.1) is 5.41 Å². The molecule has 1 aromatic rings. The third-order valence-corrected chi connectivity index (χ3v) is 3.16. The first-order valence-corrected chi connectivity index (χ1v) is 7.20. The largest absolute Gasteiger partial charge is 0.356 e. The summed E-state index contributed by atoms with van der Waals surface area (Å²) in [5.74, 6) is 0.274. The molecule has 0 aliphatic rings. The molecule has 0 aliphatic carbocycles. The lowest BCUT2D eigenvalue weighted by atomic mass is 9.87. The lowest BCUT2D eigenvalue weighted by Gasteiger charge is -2.16. The van der Waals surface area contributed by atoms with Gasteiger partial charge in [-0.15, -0.1) is 0 Å². The number of hydrogen-bond donors (Lipinski definition) is 1. The van der Waals surface area contributed by atoms with Crippen LogP contribution in [0.25, 0.3) is 0 Å². The summed E-state index contributed by atoms with van der Waals surface area (Å²) >= 11 is 0. The highest BCUT2D eigenvalue weighted by molar-refractivity contribution is 5.85. The number of nitrogens with one attached hydrogen (secondary N) is 1. The van der Waals surface area contributed by atoms with E-state index in [2.05, 4.69) is 5.32 Å². The summed E-state index contributed by atoms with van der Waals surface area (Å²) in [5.41, 5.74) is 1.67. The predicted octanol–water partition coefficient (Wildman–Crippen LogP) is 2.91. The quantitative estimate of drug-likeness (QED) is 0.867. The summed E-state index contributed by atoms with van der Waals surface area (Å²) in [6.07, 6.45) is 1.79. The topological polar surface area (TPSA) is 46.2 Å². The minimum absolute atomic E-state index is 0.0466. The number of rotatable bonds is 6. The fraction of sp³-hybridized carbons (Fsp3) is 0.529. The van der Waals surface area contributed by atoms with Crippen molar-refractivity contribution in [3.63, 3.8) is 0 Å². The summed E-state index contributed by atoms with van der Waals surface area (Å²) in [6, 6.07) is 7.73. The van der Waals surface area contributed by atoms with Gasteiger partial charge >= 0.3 is 0 Å². The maximum absolute atomic E-state index is 12.0. The fourth-order valence-electron chi connectivity index (χ4n) is 1.74. The van der Waals surface area contributed by atoms with Crippen molar-refractivity contribution in [2.45, 2.75) is 47.0 Å². The van der Waals surface area contributed by atoms with Crippen molar-refractivity contribution in [1.82, 2.24) is 5.32 Å². The Morgan fingerprint density at radius 1 is 1.00 bits per heavy atom. The highest BCUT2D eigenvalue weighted by Crippen LogP contribution is 2.18. The molecule has 0 bridgehead atoms. The van der Waals surface area contributed by atoms with E-state index in [0.717, 1.165) is 24.1 Å². The zero-order chi connectivity index (χ0) is 15.2. The molecule has 0 fully saturated rings. The van der Waals surface area contributed by atoms with E-state index in [1.165, 1.54) is 0 Å². The molecule has 1 amide bonds. The van der Waals surface area contributed by atoms with Crippen LogP contribution in [0.2, 0.25) is 0 Å². The first-order chi connectivity index (χ1) is 9.32. The van der Waals surface area contributed by atoms with E-state index in [1.807, 2.05) is 52.0 Å². The molecular weight excluding hydrogens is 250 g/mol. The molecule has 0 radical (unpaired) electrons. The number of hydrogen-bond acceptors (Lipinski definition) is 2. The van der Waals surface area contributed by atoms with Gasteiger partial charge < -0.3 is 5.32 Å². The summed E-state index contributed by atoms with van der Waals surface area (Å²) < 4.78 is 0. The Hall–Kier alpha value is -1.64. The van der Waals surface area contributed by atoms with Gasteiger partial charge in [-0.05, 0) is 17.5 Å². The number of benzene rings is 1. The van der Waals surface area contributed by atoms with Gasteiger partial charge in [0.1, 0.15) is 5.78 Å². The van der Waals surface area contributed by atoms with Gasteiger partial charge in [0.2, 0.25) is 5.91 Å². The molecule has 0 spiro atoms. The third-order valence-electron chi connectivity index (χ3n) is 3.16. The molecule has 0 aromatic heterocycles. The number of amides is 1. The number of ketones is 1. The van der Waals surface area contributed by atoms with Crippen molar-refractivity contribution < 1.29 is 9.59 Å². The van der Waals surface area contributed by atoms with Crippen LogP contribution in [-0.4, -0.2) is 18.2 Å². The molecule has 1 aromatic carbocycles. The monoisotopic (exact) mass is 275 g/mol. The highest BCUT2D eigenvalue weighted by atomic mass is 16.1. The average Bonchev–Trinajstić information content (AvgIpc) is 2.37. The fourth-order valence-corrected chi connectivity index (χ4v) is 1.74. The van der Waals surface area contributed by atoms with Gasteiger partial charge in [0.05, 0.1) is 6.42 Å². The molecular formula is C17H25NO2. The minimum Gasteiger partial charge on any atom is -0.356 e. The van der Waals surface area contributed by atoms with Crippen molar-refractivity contribution in [1.29, 1.82) is 0 Å². The smallest absolute Gasteiger partial charge is 0.224 e. The molecule has 3 heteroatoms. The normalized spacial score (nSPS) is 11.2. The van der Waals surface area contributed by atoms with Crippen LogP contribution in [-0.2, 0) is 22.4 Å². The average molecular weight is 275 g/mol. The first-order valence-electron chi connectivity index (χ1n) is 7.20. The molecule has 110 valence electrons. The molecule has 0 atom stereocenters. The van der Waals surface area contributed by atoms with E-state index in [-0.39, 0.29) is 17.1 Å². The van der Waals surface area contributed by atoms with Crippen LogP contribution in [0.15, 0.2) is 24.3 Å². The van der Waals surface area contributed by atoms with Crippen molar-refractivity contribution >= 4 is 11.7 Å². The van der Waals surface area contributed by atoms with E-state index in [9.17, 15) is 9.59 Å². The van der Waals surface area contributed by atoms with Crippen LogP contribution >= 0.6 is 0 Å². The molecule has 0 aliphatic heterocycles. The van der Waals surface area contributed by atoms with Crippen LogP contribution < -0.4 is 5.32 Å². The van der Waals surface area contributed by atoms with Crippen LogP contribution in [0.3, 0.4) is 0 Å². The standard InChI is InChI=1S/C17H25NO2/c1-5-10-18-16(20)12-14-8-6-13(7-9-14)11-15(19)17(2,3)4/h6-9H,5,10-12H2,1-4H3,(H,18,20). The van der Waals surface area contributed by atoms with Gasteiger partial charge in [0.15, 0.2) is 0 Å². The van der Waals surface area contributed by atoms with Gasteiger partial charge in [-0.25, -0.2) is 0 Å². The molecule has 0 saturated heterocycles. The van der Waals surface area contributed by atoms with Crippen molar-refractivity contribution in [2.75, 3.05) is 6.54 Å². The first kappa shape index (κ1) is 16.4. The number of carbonyl (C=O) groups excluding carboxylic acids is 2. The Balaban J connectivity index is 2.56. The maximum atomic E-state index is 12.0. The Morgan fingerprint density at radius 2 is 1.50 bits per heavy atom. The third kappa shape index (κ3) is 5.55. The molecule has 20 heavy (non-hydrogen) atoms. The van der Waals surface area contributed by atoms with E-state index >= 15 is 0 Å². The Bertz CT molecular complexity index is 455. The zero-order valence-electron chi connectivity index (χ0n) is 13.0. The van der Waals surface area contributed by atoms with Crippen molar-refractivity contribution in [3.8, 4) is 0 Å². The SMILES string of the molecule is CCCNC(=O)Cc1ccc(CC(=O)C(C)(C)C)cc1. The Labute approximate surface area is 121 Å². The summed E-state index contributed by atoms with van der Waals surface area (Å²) in [7, 11) is 0. The molecule has 0 heterocycles. The van der Waals surface area contributed by atoms with Gasteiger partial charge in [-0.1, -0.05) is 52.0 Å². The lowest BCUT2D eigenvalue weighted by Crippen LogP contribution is -2.25. The Kier molecular flexibility index (Phi) is 5.93. The minimum atomic E-state index is -0.307. The second kappa shape index (κ2) is 7.22. The van der Waals surface area contributed by atoms with Crippen molar-refractivity contribution in [3.05, 3.63) is 35.4 Å². The lowest BCUT2D eigenvalue weighted by molar-refractivity contribution is -0.125. The number of Topliss-reactive ketones (excluding diaryl/α,β-unsaturated/α-hetero) is 1. The van der Waals surface area contributed by atoms with Crippen LogP contribution in [0.4, 0.5) is 0 Å². The van der Waals surface area contributed by atoms with Gasteiger partial charge in [0.25, 0.3) is 0 Å². The van der Waals surface area contributed by atoms with Gasteiger partial charge in [0, 0.05) is 18.4 Å². The summed E-state index contributed by atoms with van der Waals surface area (Å²) in [6.45, 7) is 8.55. The van der Waals surface area contributed by atoms with Gasteiger partial charge in [-0.2, -0.15) is 0 Å². The Morgan fingerprint density at radius 3 is 1.95 bits per heavy atom. The second-order valence-corrected chi connectivity index (χ2v) is 6.19. The highest BCUT2D eigenvalue weighted by Gasteiger charge is 2.20. The van der Waals surface area contributed by atoms with Crippen LogP contribution in [0.5, 0.6) is 0 Å². The predicted molar refractivity (Wildman–Crippen MR) is 81.6 cm³/mol. The molecule has 0 saturated carbocycles. The second-order valence-electron chi connectivity index (χ2n) is 6.19. The molecule has 3 nitrogen and oxygen atoms in total. The van der Waals surface area contributed by atoms with Crippen LogP contribution in [0.1, 0.15) is 45.2 Å². The van der Waals surface area contributed by atoms with E-state index in [4.69, 9.17) is 0 Å². The van der Waals surface area contributed by atoms with Gasteiger partial charge in [-0.3, -0.25) is 9.59 Å². The van der Waals surface area contributed by atoms with Crippen molar-refractivity contribution in [2.24, 2.45) is 5.41 Å². The maximum Gasteiger partial charge on any atom is 0.224 e. The molecule has 0 unspecified atom stereocenters. The van der Waals surface area contributed by atoms with E-state index < -0.39 is 0 Å². The zero-order valence-corrected chi connectivity index (χ0v) is 13.0. The number of carbonyl (C=O) groups is 2. The molecule has 1 rings (SSSR count). The van der Waals surface area contributed by atoms with E-state index in [0.29, 0.717) is 12.8 Å². The summed E-state index contributed by atoms with van der Waals surface area (Å²) in [5, 5.41) is 2.85.